The second-order valence-electron chi connectivity index (χ2n) is 4.28. The summed E-state index contributed by atoms with van der Waals surface area (Å²) in [6, 6.07) is 8.37. The van der Waals surface area contributed by atoms with Crippen LogP contribution in [0.25, 0.3) is 0 Å². The van der Waals surface area contributed by atoms with Gasteiger partial charge < -0.3 is 10.1 Å². The Bertz CT molecular complexity index is 659. The van der Waals surface area contributed by atoms with Crippen LogP contribution < -0.4 is 5.32 Å². The van der Waals surface area contributed by atoms with E-state index in [1.54, 1.807) is 43.5 Å². The molecule has 0 aliphatic heterocycles. The number of amides is 1. The molecule has 0 fully saturated rings. The van der Waals surface area contributed by atoms with Crippen LogP contribution in [0.5, 0.6) is 0 Å². The van der Waals surface area contributed by atoms with E-state index in [4.69, 9.17) is 16.3 Å². The zero-order chi connectivity index (χ0) is 15.2. The Morgan fingerprint density at radius 2 is 2.10 bits per heavy atom. The lowest BCUT2D eigenvalue weighted by atomic mass is 10.2. The van der Waals surface area contributed by atoms with E-state index in [0.29, 0.717) is 16.3 Å². The summed E-state index contributed by atoms with van der Waals surface area (Å²) in [7, 11) is 0. The Kier molecular flexibility index (Phi) is 4.90. The second-order valence-corrected chi connectivity index (χ2v) is 4.69. The predicted molar refractivity (Wildman–Crippen MR) is 79.3 cm³/mol. The van der Waals surface area contributed by atoms with Gasteiger partial charge in [-0.25, -0.2) is 4.79 Å². The highest BCUT2D eigenvalue weighted by molar-refractivity contribution is 6.31. The molecule has 21 heavy (non-hydrogen) atoms. The van der Waals surface area contributed by atoms with Gasteiger partial charge in [0.05, 0.1) is 5.56 Å². The molecule has 2 aromatic rings. The van der Waals surface area contributed by atoms with E-state index in [0.717, 1.165) is 5.56 Å². The minimum absolute atomic E-state index is 0.296. The molecular formula is C15H13ClN2O3. The molecule has 0 unspecified atom stereocenters. The molecule has 0 saturated carbocycles. The van der Waals surface area contributed by atoms with Crippen LogP contribution in [0.1, 0.15) is 15.9 Å². The number of carbonyl (C=O) groups excluding carboxylic acids is 2. The molecule has 1 aromatic carbocycles. The number of hydrogen-bond acceptors (Lipinski definition) is 4. The number of esters is 1. The number of halogens is 1. The zero-order valence-electron chi connectivity index (χ0n) is 11.3. The maximum absolute atomic E-state index is 11.8. The van der Waals surface area contributed by atoms with Crippen molar-refractivity contribution in [2.75, 3.05) is 11.9 Å². The number of benzene rings is 1. The smallest absolute Gasteiger partial charge is 0.340 e. The van der Waals surface area contributed by atoms with Gasteiger partial charge in [0.1, 0.15) is 0 Å². The monoisotopic (exact) mass is 304 g/mol. The minimum Gasteiger partial charge on any atom is -0.452 e. The van der Waals surface area contributed by atoms with Gasteiger partial charge in [0, 0.05) is 23.1 Å². The Balaban J connectivity index is 1.91. The van der Waals surface area contributed by atoms with E-state index in [2.05, 4.69) is 10.3 Å². The number of rotatable bonds is 4. The summed E-state index contributed by atoms with van der Waals surface area (Å²) in [6.45, 7) is 1.42. The molecule has 108 valence electrons. The van der Waals surface area contributed by atoms with Crippen molar-refractivity contribution >= 4 is 29.2 Å². The van der Waals surface area contributed by atoms with Gasteiger partial charge in [-0.15, -0.1) is 0 Å². The molecule has 0 saturated heterocycles. The van der Waals surface area contributed by atoms with Crippen molar-refractivity contribution in [2.45, 2.75) is 6.92 Å². The number of hydrogen-bond donors (Lipinski definition) is 1. The maximum atomic E-state index is 11.8. The summed E-state index contributed by atoms with van der Waals surface area (Å²) in [4.78, 5) is 27.2. The Morgan fingerprint density at radius 3 is 2.81 bits per heavy atom. The highest BCUT2D eigenvalue weighted by Crippen LogP contribution is 2.22. The molecular weight excluding hydrogens is 292 g/mol. The Hall–Kier alpha value is -2.40. The normalized spacial score (nSPS) is 10.0. The summed E-state index contributed by atoms with van der Waals surface area (Å²) in [5.41, 5.74) is 1.64. The fourth-order valence-corrected chi connectivity index (χ4v) is 1.80. The predicted octanol–water partition coefficient (Wildman–Crippen LogP) is 2.84. The van der Waals surface area contributed by atoms with Crippen LogP contribution in [0, 0.1) is 6.92 Å². The molecule has 6 heteroatoms. The van der Waals surface area contributed by atoms with Crippen LogP contribution in [-0.4, -0.2) is 23.5 Å². The molecule has 0 spiro atoms. The van der Waals surface area contributed by atoms with Crippen LogP contribution in [-0.2, 0) is 9.53 Å². The molecule has 1 N–H and O–H groups in total. The number of nitrogens with zero attached hydrogens (tertiary/aromatic N) is 1. The molecule has 5 nitrogen and oxygen atoms in total. The van der Waals surface area contributed by atoms with Crippen molar-refractivity contribution in [3.63, 3.8) is 0 Å². The molecule has 0 radical (unpaired) electrons. The van der Waals surface area contributed by atoms with Crippen LogP contribution in [0.2, 0.25) is 5.02 Å². The van der Waals surface area contributed by atoms with Crippen molar-refractivity contribution in [1.82, 2.24) is 4.98 Å². The first-order valence-electron chi connectivity index (χ1n) is 6.20. The van der Waals surface area contributed by atoms with Gasteiger partial charge in [-0.1, -0.05) is 17.7 Å². The minimum atomic E-state index is -0.596. The molecule has 1 aromatic heterocycles. The SMILES string of the molecule is Cc1c(Cl)cccc1NC(=O)COC(=O)c1cccnc1. The third kappa shape index (κ3) is 4.03. The van der Waals surface area contributed by atoms with E-state index in [1.165, 1.54) is 6.20 Å². The number of ether oxygens (including phenoxy) is 1. The number of carbonyl (C=O) groups is 2. The third-order valence-electron chi connectivity index (χ3n) is 2.77. The maximum Gasteiger partial charge on any atom is 0.340 e. The van der Waals surface area contributed by atoms with Gasteiger partial charge in [-0.2, -0.15) is 0 Å². The lowest BCUT2D eigenvalue weighted by Gasteiger charge is -2.09. The lowest BCUT2D eigenvalue weighted by Crippen LogP contribution is -2.21. The largest absolute Gasteiger partial charge is 0.452 e. The summed E-state index contributed by atoms with van der Waals surface area (Å²) >= 11 is 5.96. The van der Waals surface area contributed by atoms with Crippen molar-refractivity contribution in [3.05, 3.63) is 58.9 Å². The van der Waals surface area contributed by atoms with Crippen LogP contribution in [0.3, 0.4) is 0 Å². The highest BCUT2D eigenvalue weighted by atomic mass is 35.5. The molecule has 0 atom stereocenters. The average Bonchev–Trinajstić information content (AvgIpc) is 2.50. The standard InChI is InChI=1S/C15H13ClN2O3/c1-10-12(16)5-2-6-13(10)18-14(19)9-21-15(20)11-4-3-7-17-8-11/h2-8H,9H2,1H3,(H,18,19). The van der Waals surface area contributed by atoms with Crippen LogP contribution in [0.4, 0.5) is 5.69 Å². The van der Waals surface area contributed by atoms with E-state index in [1.807, 2.05) is 0 Å². The molecule has 0 aliphatic carbocycles. The van der Waals surface area contributed by atoms with Crippen molar-refractivity contribution < 1.29 is 14.3 Å². The van der Waals surface area contributed by atoms with Crippen molar-refractivity contribution in [1.29, 1.82) is 0 Å². The number of anilines is 1. The number of nitrogens with one attached hydrogen (secondary N) is 1. The van der Waals surface area contributed by atoms with E-state index >= 15 is 0 Å². The molecule has 1 amide bonds. The first kappa shape index (κ1) is 15.0. The average molecular weight is 305 g/mol. The third-order valence-corrected chi connectivity index (χ3v) is 3.18. The number of aromatic nitrogens is 1. The number of pyridine rings is 1. The Morgan fingerprint density at radius 1 is 1.29 bits per heavy atom. The Labute approximate surface area is 126 Å². The zero-order valence-corrected chi connectivity index (χ0v) is 12.1. The van der Waals surface area contributed by atoms with Crippen molar-refractivity contribution in [2.24, 2.45) is 0 Å². The molecule has 2 rings (SSSR count). The van der Waals surface area contributed by atoms with E-state index in [9.17, 15) is 9.59 Å². The first-order valence-corrected chi connectivity index (χ1v) is 6.58. The fourth-order valence-electron chi connectivity index (χ4n) is 1.63. The summed E-state index contributed by atoms with van der Waals surface area (Å²) in [5, 5.41) is 3.20. The van der Waals surface area contributed by atoms with Gasteiger partial charge in [0.2, 0.25) is 0 Å². The molecule has 0 aliphatic rings. The van der Waals surface area contributed by atoms with E-state index in [-0.39, 0.29) is 6.61 Å². The van der Waals surface area contributed by atoms with Gasteiger partial charge in [-0.3, -0.25) is 9.78 Å². The quantitative estimate of drug-likeness (QED) is 0.882. The van der Waals surface area contributed by atoms with Gasteiger partial charge in [0.15, 0.2) is 6.61 Å². The van der Waals surface area contributed by atoms with Gasteiger partial charge >= 0.3 is 5.97 Å². The van der Waals surface area contributed by atoms with Crippen LogP contribution >= 0.6 is 11.6 Å². The lowest BCUT2D eigenvalue weighted by molar-refractivity contribution is -0.119. The van der Waals surface area contributed by atoms with Gasteiger partial charge in [-0.05, 0) is 36.8 Å². The fraction of sp³-hybridized carbons (Fsp3) is 0.133. The van der Waals surface area contributed by atoms with Crippen LogP contribution in [0.15, 0.2) is 42.7 Å². The summed E-state index contributed by atoms with van der Waals surface area (Å²) in [6.07, 6.45) is 2.92. The topological polar surface area (TPSA) is 68.3 Å². The highest BCUT2D eigenvalue weighted by Gasteiger charge is 2.11. The molecule has 0 bridgehead atoms. The second kappa shape index (κ2) is 6.85. The molecule has 1 heterocycles. The van der Waals surface area contributed by atoms with E-state index < -0.39 is 11.9 Å². The van der Waals surface area contributed by atoms with Crippen molar-refractivity contribution in [3.8, 4) is 0 Å². The first-order chi connectivity index (χ1) is 10.1. The van der Waals surface area contributed by atoms with Gasteiger partial charge in [0.25, 0.3) is 5.91 Å². The summed E-state index contributed by atoms with van der Waals surface area (Å²) in [5.74, 6) is -1.03. The summed E-state index contributed by atoms with van der Waals surface area (Å²) < 4.78 is 4.91.